The Balaban J connectivity index is 1.91. The number of rotatable bonds is 3. The molecule has 0 aromatic carbocycles. The zero-order chi connectivity index (χ0) is 14.9. The summed E-state index contributed by atoms with van der Waals surface area (Å²) in [5, 5.41) is 23.3. The van der Waals surface area contributed by atoms with Crippen LogP contribution in [0.4, 0.5) is 0 Å². The Morgan fingerprint density at radius 3 is 2.50 bits per heavy atom. The second kappa shape index (κ2) is 6.23. The van der Waals surface area contributed by atoms with Crippen molar-refractivity contribution in [3.8, 4) is 0 Å². The zero-order valence-electron chi connectivity index (χ0n) is 12.2. The quantitative estimate of drug-likeness (QED) is 0.418. The van der Waals surface area contributed by atoms with Crippen molar-refractivity contribution in [2.75, 3.05) is 13.7 Å². The van der Waals surface area contributed by atoms with Gasteiger partial charge in [0.15, 0.2) is 6.29 Å². The molecule has 20 heavy (non-hydrogen) atoms. The lowest BCUT2D eigenvalue weighted by Crippen LogP contribution is -2.61. The highest BCUT2D eigenvalue weighted by Gasteiger charge is 2.42. The van der Waals surface area contributed by atoms with Crippen molar-refractivity contribution >= 4 is 0 Å². The minimum absolute atomic E-state index is 0.0923. The normalized spacial score (nSPS) is 50.1. The fourth-order valence-corrected chi connectivity index (χ4v) is 2.88. The third kappa shape index (κ3) is 3.30. The Morgan fingerprint density at radius 1 is 1.25 bits per heavy atom. The monoisotopic (exact) mass is 289 g/mol. The van der Waals surface area contributed by atoms with Crippen LogP contribution >= 0.6 is 0 Å². The van der Waals surface area contributed by atoms with Gasteiger partial charge in [-0.25, -0.2) is 0 Å². The van der Waals surface area contributed by atoms with E-state index in [1.807, 2.05) is 6.92 Å². The number of aliphatic hydroxyl groups is 2. The molecule has 4 unspecified atom stereocenters. The highest BCUT2D eigenvalue weighted by molar-refractivity contribution is 4.95. The van der Waals surface area contributed by atoms with Gasteiger partial charge in [-0.3, -0.25) is 0 Å². The lowest BCUT2D eigenvalue weighted by Gasteiger charge is -2.44. The average Bonchev–Trinajstić information content (AvgIpc) is 2.38. The molecule has 118 valence electrons. The molecule has 1 aliphatic heterocycles. The van der Waals surface area contributed by atoms with E-state index < -0.39 is 30.1 Å². The van der Waals surface area contributed by atoms with E-state index in [9.17, 15) is 10.2 Å². The lowest BCUT2D eigenvalue weighted by molar-refractivity contribution is -0.247. The first-order valence-corrected chi connectivity index (χ1v) is 7.19. The topological polar surface area (TPSA) is 123 Å². The van der Waals surface area contributed by atoms with Gasteiger partial charge in [0, 0.05) is 18.5 Å². The van der Waals surface area contributed by atoms with Gasteiger partial charge in [-0.15, -0.1) is 0 Å². The SMILES string of the molecule is CN[C@@]1(C)CO[C@H](O[C@H]2C(N)CC(N)CC2O)CC1O. The molecule has 1 saturated heterocycles. The van der Waals surface area contributed by atoms with E-state index in [2.05, 4.69) is 5.32 Å². The van der Waals surface area contributed by atoms with E-state index in [1.54, 1.807) is 7.05 Å². The summed E-state index contributed by atoms with van der Waals surface area (Å²) >= 11 is 0. The molecule has 0 spiro atoms. The summed E-state index contributed by atoms with van der Waals surface area (Å²) in [6, 6.07) is -0.405. The number of nitrogens with two attached hydrogens (primary N) is 2. The summed E-state index contributed by atoms with van der Waals surface area (Å²) in [4.78, 5) is 0. The standard InChI is InChI=1S/C13H27N3O4/c1-13(16-2)6-19-11(5-10(13)18)20-12-8(15)3-7(14)4-9(12)17/h7-12,16-18H,3-6,14-15H2,1-2H3/t7?,8?,9?,10?,11-,12+,13+/m1/s1. The smallest absolute Gasteiger partial charge is 0.160 e. The summed E-state index contributed by atoms with van der Waals surface area (Å²) in [5.41, 5.74) is 11.3. The summed E-state index contributed by atoms with van der Waals surface area (Å²) in [7, 11) is 1.79. The largest absolute Gasteiger partial charge is 0.391 e. The Bertz CT molecular complexity index is 321. The number of ether oxygens (including phenoxy) is 2. The van der Waals surface area contributed by atoms with E-state index in [0.717, 1.165) is 0 Å². The summed E-state index contributed by atoms with van der Waals surface area (Å²) < 4.78 is 11.4. The van der Waals surface area contributed by atoms with Crippen LogP contribution in [0, 0.1) is 0 Å². The molecule has 7 nitrogen and oxygen atoms in total. The van der Waals surface area contributed by atoms with Gasteiger partial charge in [0.2, 0.25) is 0 Å². The first-order valence-electron chi connectivity index (χ1n) is 7.19. The molecular weight excluding hydrogens is 262 g/mol. The van der Waals surface area contributed by atoms with Crippen LogP contribution in [0.2, 0.25) is 0 Å². The van der Waals surface area contributed by atoms with E-state index in [4.69, 9.17) is 20.9 Å². The van der Waals surface area contributed by atoms with Crippen molar-refractivity contribution in [3.63, 3.8) is 0 Å². The second-order valence-corrected chi connectivity index (χ2v) is 6.22. The van der Waals surface area contributed by atoms with Crippen LogP contribution in [0.3, 0.4) is 0 Å². The molecule has 7 heteroatoms. The predicted molar refractivity (Wildman–Crippen MR) is 73.9 cm³/mol. The molecule has 7 atom stereocenters. The average molecular weight is 289 g/mol. The molecule has 2 rings (SSSR count). The van der Waals surface area contributed by atoms with Crippen LogP contribution in [-0.2, 0) is 9.47 Å². The van der Waals surface area contributed by atoms with Crippen LogP contribution in [-0.4, -0.2) is 66.1 Å². The Hall–Kier alpha value is -0.280. The minimum Gasteiger partial charge on any atom is -0.391 e. The van der Waals surface area contributed by atoms with Crippen LogP contribution in [0.25, 0.3) is 0 Å². The van der Waals surface area contributed by atoms with Crippen LogP contribution < -0.4 is 16.8 Å². The molecule has 7 N–H and O–H groups in total. The van der Waals surface area contributed by atoms with Crippen molar-refractivity contribution in [1.29, 1.82) is 0 Å². The van der Waals surface area contributed by atoms with Crippen LogP contribution in [0.15, 0.2) is 0 Å². The minimum atomic E-state index is -0.688. The first kappa shape index (κ1) is 16.1. The van der Waals surface area contributed by atoms with Gasteiger partial charge in [-0.05, 0) is 26.8 Å². The van der Waals surface area contributed by atoms with Gasteiger partial charge >= 0.3 is 0 Å². The maximum atomic E-state index is 10.2. The zero-order valence-corrected chi connectivity index (χ0v) is 12.2. The highest BCUT2D eigenvalue weighted by atomic mass is 16.7. The van der Waals surface area contributed by atoms with E-state index >= 15 is 0 Å². The van der Waals surface area contributed by atoms with Gasteiger partial charge in [-0.2, -0.15) is 0 Å². The third-order valence-corrected chi connectivity index (χ3v) is 4.52. The Labute approximate surface area is 119 Å². The molecule has 0 bridgehead atoms. The number of hydrogen-bond donors (Lipinski definition) is 5. The Morgan fingerprint density at radius 2 is 1.95 bits per heavy atom. The van der Waals surface area contributed by atoms with Crippen molar-refractivity contribution in [1.82, 2.24) is 5.32 Å². The molecule has 1 heterocycles. The van der Waals surface area contributed by atoms with Gasteiger partial charge in [-0.1, -0.05) is 0 Å². The number of nitrogens with one attached hydrogen (secondary N) is 1. The van der Waals surface area contributed by atoms with Crippen molar-refractivity contribution in [2.24, 2.45) is 11.5 Å². The van der Waals surface area contributed by atoms with Gasteiger partial charge in [0.1, 0.15) is 6.10 Å². The molecule has 2 aliphatic rings. The highest BCUT2D eigenvalue weighted by Crippen LogP contribution is 2.28. The third-order valence-electron chi connectivity index (χ3n) is 4.52. The lowest BCUT2D eigenvalue weighted by atomic mass is 9.87. The van der Waals surface area contributed by atoms with Crippen molar-refractivity contribution < 1.29 is 19.7 Å². The maximum absolute atomic E-state index is 10.2. The summed E-state index contributed by atoms with van der Waals surface area (Å²) in [6.45, 7) is 2.24. The van der Waals surface area contributed by atoms with Crippen molar-refractivity contribution in [2.45, 2.75) is 68.4 Å². The first-order chi connectivity index (χ1) is 9.35. The predicted octanol–water partition coefficient (Wildman–Crippen LogP) is -1.73. The number of aliphatic hydroxyl groups excluding tert-OH is 2. The molecule has 1 saturated carbocycles. The van der Waals surface area contributed by atoms with E-state index in [0.29, 0.717) is 25.9 Å². The summed E-state index contributed by atoms with van der Waals surface area (Å²) in [6.07, 6.45) is -0.873. The van der Waals surface area contributed by atoms with Gasteiger partial charge < -0.3 is 36.5 Å². The van der Waals surface area contributed by atoms with Gasteiger partial charge in [0.05, 0.1) is 24.4 Å². The molecular formula is C13H27N3O4. The van der Waals surface area contributed by atoms with Crippen LogP contribution in [0.5, 0.6) is 0 Å². The van der Waals surface area contributed by atoms with Gasteiger partial charge in [0.25, 0.3) is 0 Å². The fourth-order valence-electron chi connectivity index (χ4n) is 2.88. The fraction of sp³-hybridized carbons (Fsp3) is 1.00. The van der Waals surface area contributed by atoms with Crippen molar-refractivity contribution in [3.05, 3.63) is 0 Å². The second-order valence-electron chi connectivity index (χ2n) is 6.22. The molecule has 0 aromatic heterocycles. The Kier molecular flexibility index (Phi) is 5.01. The molecule has 0 amide bonds. The molecule has 1 aliphatic carbocycles. The molecule has 2 fully saturated rings. The van der Waals surface area contributed by atoms with E-state index in [1.165, 1.54) is 0 Å². The number of hydrogen-bond acceptors (Lipinski definition) is 7. The maximum Gasteiger partial charge on any atom is 0.160 e. The molecule has 0 radical (unpaired) electrons. The van der Waals surface area contributed by atoms with E-state index in [-0.39, 0.29) is 12.1 Å². The summed E-state index contributed by atoms with van der Waals surface area (Å²) in [5.74, 6) is 0. The van der Waals surface area contributed by atoms with Crippen LogP contribution in [0.1, 0.15) is 26.2 Å². The number of likely N-dealkylation sites (N-methyl/N-ethyl adjacent to an activating group) is 1. The molecule has 0 aromatic rings.